The number of aromatic nitrogens is 1. The van der Waals surface area contributed by atoms with Crippen molar-refractivity contribution in [2.75, 3.05) is 6.54 Å². The number of carboxylic acid groups (broad SMARTS) is 2. The average molecular weight is 387 g/mol. The highest BCUT2D eigenvalue weighted by molar-refractivity contribution is 6.01. The van der Waals surface area contributed by atoms with E-state index in [1.165, 1.54) is 4.90 Å². The number of carbonyl (C=O) groups is 4. The van der Waals surface area contributed by atoms with Crippen molar-refractivity contribution in [2.24, 2.45) is 7.05 Å². The van der Waals surface area contributed by atoms with Crippen LogP contribution in [0.4, 0.5) is 0 Å². The van der Waals surface area contributed by atoms with Crippen LogP contribution in [0.2, 0.25) is 0 Å². The summed E-state index contributed by atoms with van der Waals surface area (Å²) >= 11 is 0. The average Bonchev–Trinajstić information content (AvgIpc) is 3.23. The molecular formula is C19H21N3O6. The lowest BCUT2D eigenvalue weighted by molar-refractivity contribution is -0.152. The van der Waals surface area contributed by atoms with Crippen molar-refractivity contribution >= 4 is 35.0 Å². The van der Waals surface area contributed by atoms with Gasteiger partial charge in [0, 0.05) is 24.5 Å². The monoisotopic (exact) mass is 387 g/mol. The van der Waals surface area contributed by atoms with Crippen molar-refractivity contribution in [3.05, 3.63) is 36.0 Å². The molecule has 3 N–H and O–H groups in total. The number of aryl methyl sites for hydroxylation is 1. The van der Waals surface area contributed by atoms with Crippen LogP contribution >= 0.6 is 0 Å². The first-order valence-corrected chi connectivity index (χ1v) is 8.85. The Balaban J connectivity index is 1.99. The Morgan fingerprint density at radius 2 is 2.00 bits per heavy atom. The topological polar surface area (TPSA) is 129 Å². The highest BCUT2D eigenvalue weighted by Crippen LogP contribution is 2.31. The first kappa shape index (κ1) is 19.6. The van der Waals surface area contributed by atoms with Gasteiger partial charge in [-0.3, -0.25) is 14.9 Å². The quantitative estimate of drug-likeness (QED) is 0.600. The molecular weight excluding hydrogens is 366 g/mol. The van der Waals surface area contributed by atoms with Gasteiger partial charge in [-0.2, -0.15) is 0 Å². The lowest BCUT2D eigenvalue weighted by Crippen LogP contribution is -2.65. The number of amides is 1. The van der Waals surface area contributed by atoms with Crippen LogP contribution in [-0.4, -0.2) is 62.1 Å². The summed E-state index contributed by atoms with van der Waals surface area (Å²) in [7, 11) is 1.72. The van der Waals surface area contributed by atoms with Crippen LogP contribution in [0.25, 0.3) is 10.9 Å². The molecule has 0 radical (unpaired) electrons. The number of rotatable bonds is 7. The molecule has 0 spiro atoms. The first-order chi connectivity index (χ1) is 13.3. The van der Waals surface area contributed by atoms with E-state index in [1.807, 2.05) is 24.3 Å². The van der Waals surface area contributed by atoms with E-state index in [0.717, 1.165) is 10.9 Å². The predicted molar refractivity (Wildman–Crippen MR) is 98.8 cm³/mol. The zero-order chi connectivity index (χ0) is 20.5. The van der Waals surface area contributed by atoms with Crippen molar-refractivity contribution in [1.82, 2.24) is 14.8 Å². The van der Waals surface area contributed by atoms with E-state index in [1.54, 1.807) is 17.7 Å². The Bertz CT molecular complexity index is 952. The highest BCUT2D eigenvalue weighted by atomic mass is 16.4. The molecule has 1 aliphatic rings. The van der Waals surface area contributed by atoms with E-state index < -0.39 is 36.0 Å². The second-order valence-electron chi connectivity index (χ2n) is 6.86. The third-order valence-electron chi connectivity index (χ3n) is 5.13. The van der Waals surface area contributed by atoms with Crippen LogP contribution in [0.15, 0.2) is 30.3 Å². The number of benzene rings is 1. The summed E-state index contributed by atoms with van der Waals surface area (Å²) in [6, 6.07) is 7.86. The molecule has 1 amide bonds. The lowest BCUT2D eigenvalue weighted by atomic mass is 10.0. The lowest BCUT2D eigenvalue weighted by Gasteiger charge is -2.37. The molecule has 9 heteroatoms. The fourth-order valence-electron chi connectivity index (χ4n) is 3.79. The van der Waals surface area contributed by atoms with Gasteiger partial charge < -0.3 is 24.5 Å². The number of nitrogens with one attached hydrogen (secondary N) is 1. The van der Waals surface area contributed by atoms with E-state index >= 15 is 0 Å². The molecule has 0 aliphatic carbocycles. The summed E-state index contributed by atoms with van der Waals surface area (Å²) in [6.07, 6.45) is 0.265. The molecule has 28 heavy (non-hydrogen) atoms. The molecule has 1 aliphatic heterocycles. The van der Waals surface area contributed by atoms with Gasteiger partial charge in [-0.25, -0.2) is 4.79 Å². The molecule has 3 rings (SSSR count). The Morgan fingerprint density at radius 1 is 1.29 bits per heavy atom. The van der Waals surface area contributed by atoms with E-state index in [0.29, 0.717) is 18.4 Å². The maximum Gasteiger partial charge on any atom is 0.344 e. The molecule has 2 heterocycles. The molecule has 9 nitrogen and oxygen atoms in total. The van der Waals surface area contributed by atoms with Crippen molar-refractivity contribution in [3.8, 4) is 0 Å². The second-order valence-corrected chi connectivity index (χ2v) is 6.86. The number of aldehydes is 1. The standard InChI is InChI=1S/C19H21N3O6/c1-21-14-6-3-2-5-12(14)9-15(21)17(26)22-8-4-7-19(22,18(27)28)20-13(11-23)10-16(24)25/h2-3,5-6,9,11,13,20H,4,7-8,10H2,1H3,(H,24,25)(H,27,28)/t13-,19+/m0/s1. The summed E-state index contributed by atoms with van der Waals surface area (Å²) in [5, 5.41) is 22.3. The van der Waals surface area contributed by atoms with Crippen molar-refractivity contribution < 1.29 is 29.4 Å². The SMILES string of the molecule is Cn1c(C(=O)N2CCC[C@]2(N[C@H](C=O)CC(=O)O)C(=O)O)cc2ccccc21. The molecule has 2 atom stereocenters. The van der Waals surface area contributed by atoms with E-state index in [4.69, 9.17) is 5.11 Å². The van der Waals surface area contributed by atoms with Gasteiger partial charge in [0.15, 0.2) is 5.66 Å². The Kier molecular flexibility index (Phi) is 5.19. The van der Waals surface area contributed by atoms with Crippen LogP contribution in [0, 0.1) is 0 Å². The molecule has 1 fully saturated rings. The number of carbonyl (C=O) groups excluding carboxylic acids is 2. The Hall–Kier alpha value is -3.20. The maximum atomic E-state index is 13.2. The van der Waals surface area contributed by atoms with Gasteiger partial charge in [0.25, 0.3) is 5.91 Å². The molecule has 148 valence electrons. The predicted octanol–water partition coefficient (Wildman–Crippen LogP) is 0.827. The summed E-state index contributed by atoms with van der Waals surface area (Å²) in [5.41, 5.74) is -0.693. The second kappa shape index (κ2) is 7.43. The van der Waals surface area contributed by atoms with Crippen LogP contribution in [0.5, 0.6) is 0 Å². The van der Waals surface area contributed by atoms with E-state index in [-0.39, 0.29) is 13.0 Å². The van der Waals surface area contributed by atoms with Crippen LogP contribution in [0.3, 0.4) is 0 Å². The zero-order valence-electron chi connectivity index (χ0n) is 15.3. The highest BCUT2D eigenvalue weighted by Gasteiger charge is 2.51. The van der Waals surface area contributed by atoms with Gasteiger partial charge >= 0.3 is 11.9 Å². The number of carboxylic acids is 2. The minimum atomic E-state index is -1.84. The van der Waals surface area contributed by atoms with Gasteiger partial charge in [-0.15, -0.1) is 0 Å². The van der Waals surface area contributed by atoms with Gasteiger partial charge in [-0.05, 0) is 25.0 Å². The summed E-state index contributed by atoms with van der Waals surface area (Å²) in [5.74, 6) is -3.06. The first-order valence-electron chi connectivity index (χ1n) is 8.85. The van der Waals surface area contributed by atoms with Crippen LogP contribution in [-0.2, 0) is 21.4 Å². The minimum absolute atomic E-state index is 0.0714. The number of nitrogens with zero attached hydrogens (tertiary/aromatic N) is 2. The molecule has 1 saturated heterocycles. The zero-order valence-corrected chi connectivity index (χ0v) is 15.3. The van der Waals surface area contributed by atoms with Crippen molar-refractivity contribution in [3.63, 3.8) is 0 Å². The number of likely N-dealkylation sites (tertiary alicyclic amines) is 1. The smallest absolute Gasteiger partial charge is 0.344 e. The fraction of sp³-hybridized carbons (Fsp3) is 0.368. The summed E-state index contributed by atoms with van der Waals surface area (Å²) < 4.78 is 1.69. The molecule has 0 bridgehead atoms. The largest absolute Gasteiger partial charge is 0.481 e. The van der Waals surface area contributed by atoms with Gasteiger partial charge in [0.2, 0.25) is 0 Å². The Labute approximate surface area is 160 Å². The number of hydrogen-bond acceptors (Lipinski definition) is 5. The summed E-state index contributed by atoms with van der Waals surface area (Å²) in [6.45, 7) is 0.179. The normalized spacial score (nSPS) is 20.2. The van der Waals surface area contributed by atoms with Crippen molar-refractivity contribution in [2.45, 2.75) is 31.0 Å². The Morgan fingerprint density at radius 3 is 2.61 bits per heavy atom. The van der Waals surface area contributed by atoms with Crippen LogP contribution < -0.4 is 5.32 Å². The van der Waals surface area contributed by atoms with Crippen LogP contribution in [0.1, 0.15) is 29.8 Å². The fourth-order valence-corrected chi connectivity index (χ4v) is 3.79. The van der Waals surface area contributed by atoms with Gasteiger partial charge in [0.1, 0.15) is 12.0 Å². The molecule has 0 saturated carbocycles. The van der Waals surface area contributed by atoms with E-state index in [9.17, 15) is 24.3 Å². The number of para-hydroxylation sites is 1. The van der Waals surface area contributed by atoms with Crippen molar-refractivity contribution in [1.29, 1.82) is 0 Å². The molecule has 2 aromatic rings. The third kappa shape index (κ3) is 3.24. The number of hydrogen-bond donors (Lipinski definition) is 3. The maximum absolute atomic E-state index is 13.2. The number of fused-ring (bicyclic) bond motifs is 1. The molecule has 1 aromatic carbocycles. The third-order valence-corrected chi connectivity index (χ3v) is 5.13. The summed E-state index contributed by atoms with van der Waals surface area (Å²) in [4.78, 5) is 48.8. The molecule has 0 unspecified atom stereocenters. The van der Waals surface area contributed by atoms with Gasteiger partial charge in [0.05, 0.1) is 12.5 Å². The number of aliphatic carboxylic acids is 2. The van der Waals surface area contributed by atoms with E-state index in [2.05, 4.69) is 5.32 Å². The molecule has 1 aromatic heterocycles. The minimum Gasteiger partial charge on any atom is -0.481 e. The van der Waals surface area contributed by atoms with Gasteiger partial charge in [-0.1, -0.05) is 18.2 Å².